The number of benzene rings is 1. The van der Waals surface area contributed by atoms with Crippen molar-refractivity contribution in [1.29, 1.82) is 0 Å². The smallest absolute Gasteiger partial charge is 0.0189 e. The molecular weight excluding hydrogens is 216 g/mol. The van der Waals surface area contributed by atoms with Crippen molar-refractivity contribution < 1.29 is 0 Å². The summed E-state index contributed by atoms with van der Waals surface area (Å²) in [5.41, 5.74) is 9.77. The molecule has 0 heterocycles. The standard InChI is InChI=1S/C18H18/c1-3-7-15-13(5-1)9-11-18-16-8-4-2-6-14(16)10-12-17(15)18/h1-3,5-7H,4,8-12H2. The summed E-state index contributed by atoms with van der Waals surface area (Å²) in [5.74, 6) is 0. The largest absolute Gasteiger partial charge is 0.0839 e. The zero-order chi connectivity index (χ0) is 11.9. The first-order chi connectivity index (χ1) is 8.93. The van der Waals surface area contributed by atoms with Crippen LogP contribution in [0.15, 0.2) is 53.1 Å². The highest BCUT2D eigenvalue weighted by Gasteiger charge is 2.26. The molecule has 1 aromatic rings. The van der Waals surface area contributed by atoms with Crippen LogP contribution in [0.25, 0.3) is 5.57 Å². The third kappa shape index (κ3) is 1.45. The van der Waals surface area contributed by atoms with Gasteiger partial charge < -0.3 is 0 Å². The minimum Gasteiger partial charge on any atom is -0.0839 e. The van der Waals surface area contributed by atoms with Crippen LogP contribution >= 0.6 is 0 Å². The van der Waals surface area contributed by atoms with Crippen LogP contribution < -0.4 is 0 Å². The average Bonchev–Trinajstić information content (AvgIpc) is 2.46. The number of hydrogen-bond donors (Lipinski definition) is 0. The van der Waals surface area contributed by atoms with E-state index in [0.29, 0.717) is 0 Å². The van der Waals surface area contributed by atoms with Gasteiger partial charge >= 0.3 is 0 Å². The summed E-state index contributed by atoms with van der Waals surface area (Å²) in [6, 6.07) is 9.01. The molecule has 0 saturated heterocycles. The van der Waals surface area contributed by atoms with Crippen LogP contribution in [-0.4, -0.2) is 0 Å². The summed E-state index contributed by atoms with van der Waals surface area (Å²) in [5, 5.41) is 0. The van der Waals surface area contributed by atoms with E-state index in [2.05, 4.69) is 36.4 Å². The van der Waals surface area contributed by atoms with Crippen molar-refractivity contribution in [3.8, 4) is 0 Å². The number of aryl methyl sites for hydroxylation is 1. The molecule has 0 saturated carbocycles. The van der Waals surface area contributed by atoms with Crippen LogP contribution in [0.4, 0.5) is 0 Å². The van der Waals surface area contributed by atoms with Gasteiger partial charge in [0.1, 0.15) is 0 Å². The monoisotopic (exact) mass is 234 g/mol. The first-order valence-electron chi connectivity index (χ1n) is 7.13. The first kappa shape index (κ1) is 10.4. The molecular formula is C18H18. The molecule has 3 aliphatic carbocycles. The lowest BCUT2D eigenvalue weighted by Crippen LogP contribution is -2.13. The minimum atomic E-state index is 1.23. The van der Waals surface area contributed by atoms with E-state index in [1.807, 2.05) is 0 Å². The van der Waals surface area contributed by atoms with Crippen LogP contribution in [0.5, 0.6) is 0 Å². The number of hydrogen-bond acceptors (Lipinski definition) is 0. The van der Waals surface area contributed by atoms with Gasteiger partial charge in [-0.2, -0.15) is 0 Å². The molecule has 1 aromatic carbocycles. The Balaban J connectivity index is 1.90. The summed E-state index contributed by atoms with van der Waals surface area (Å²) in [6.07, 6.45) is 12.2. The van der Waals surface area contributed by atoms with Gasteiger partial charge in [0, 0.05) is 0 Å². The highest BCUT2D eigenvalue weighted by Crippen LogP contribution is 2.45. The van der Waals surface area contributed by atoms with E-state index < -0.39 is 0 Å². The number of fused-ring (bicyclic) bond motifs is 3. The maximum absolute atomic E-state index is 2.38. The van der Waals surface area contributed by atoms with Crippen molar-refractivity contribution in [1.82, 2.24) is 0 Å². The summed E-state index contributed by atoms with van der Waals surface area (Å²) in [7, 11) is 0. The SMILES string of the molecule is C1=CC2=C(CC1)C1=C(CC2)c2ccccc2CC1. The average molecular weight is 234 g/mol. The molecule has 0 aliphatic heterocycles. The Kier molecular flexibility index (Phi) is 2.29. The van der Waals surface area contributed by atoms with Crippen molar-refractivity contribution >= 4 is 5.57 Å². The Morgan fingerprint density at radius 3 is 2.61 bits per heavy atom. The van der Waals surface area contributed by atoms with E-state index >= 15 is 0 Å². The second kappa shape index (κ2) is 3.98. The molecule has 90 valence electrons. The van der Waals surface area contributed by atoms with Gasteiger partial charge in [0.05, 0.1) is 0 Å². The number of rotatable bonds is 0. The second-order valence-corrected chi connectivity index (χ2v) is 5.56. The molecule has 0 N–H and O–H groups in total. The summed E-state index contributed by atoms with van der Waals surface area (Å²) < 4.78 is 0. The van der Waals surface area contributed by atoms with Gasteiger partial charge in [-0.1, -0.05) is 36.4 Å². The molecule has 4 rings (SSSR count). The van der Waals surface area contributed by atoms with E-state index in [4.69, 9.17) is 0 Å². The zero-order valence-corrected chi connectivity index (χ0v) is 10.7. The Bertz CT molecular complexity index is 596. The molecule has 0 radical (unpaired) electrons. The molecule has 0 aromatic heterocycles. The second-order valence-electron chi connectivity index (χ2n) is 5.56. The lowest BCUT2D eigenvalue weighted by molar-refractivity contribution is 0.809. The zero-order valence-electron chi connectivity index (χ0n) is 10.7. The summed E-state index contributed by atoms with van der Waals surface area (Å²) in [6.45, 7) is 0. The fourth-order valence-corrected chi connectivity index (χ4v) is 3.78. The van der Waals surface area contributed by atoms with E-state index in [0.717, 1.165) is 0 Å². The van der Waals surface area contributed by atoms with Crippen molar-refractivity contribution in [3.63, 3.8) is 0 Å². The molecule has 0 fully saturated rings. The fraction of sp³-hybridized carbons (Fsp3) is 0.333. The molecule has 0 heteroatoms. The predicted molar refractivity (Wildman–Crippen MR) is 76.3 cm³/mol. The van der Waals surface area contributed by atoms with Crippen LogP contribution in [-0.2, 0) is 6.42 Å². The topological polar surface area (TPSA) is 0 Å². The Morgan fingerprint density at radius 2 is 1.61 bits per heavy atom. The molecule has 0 unspecified atom stereocenters. The molecule has 0 spiro atoms. The van der Waals surface area contributed by atoms with E-state index in [-0.39, 0.29) is 0 Å². The fourth-order valence-electron chi connectivity index (χ4n) is 3.78. The van der Waals surface area contributed by atoms with E-state index in [9.17, 15) is 0 Å². The van der Waals surface area contributed by atoms with Gasteiger partial charge in [-0.05, 0) is 71.9 Å². The van der Waals surface area contributed by atoms with E-state index in [1.54, 1.807) is 33.4 Å². The molecule has 3 aliphatic rings. The van der Waals surface area contributed by atoms with Gasteiger partial charge in [-0.25, -0.2) is 0 Å². The third-order valence-corrected chi connectivity index (χ3v) is 4.63. The van der Waals surface area contributed by atoms with Gasteiger partial charge in [-0.15, -0.1) is 0 Å². The van der Waals surface area contributed by atoms with Crippen LogP contribution in [0.3, 0.4) is 0 Å². The highest BCUT2D eigenvalue weighted by atomic mass is 14.3. The highest BCUT2D eigenvalue weighted by molar-refractivity contribution is 5.79. The molecule has 0 nitrogen and oxygen atoms in total. The molecule has 0 bridgehead atoms. The lowest BCUT2D eigenvalue weighted by Gasteiger charge is -2.31. The van der Waals surface area contributed by atoms with Gasteiger partial charge in [-0.3, -0.25) is 0 Å². The van der Waals surface area contributed by atoms with Crippen molar-refractivity contribution in [2.75, 3.05) is 0 Å². The minimum absolute atomic E-state index is 1.23. The molecule has 18 heavy (non-hydrogen) atoms. The predicted octanol–water partition coefficient (Wildman–Crippen LogP) is 4.83. The van der Waals surface area contributed by atoms with Gasteiger partial charge in [0.2, 0.25) is 0 Å². The number of allylic oxidation sites excluding steroid dienone is 6. The van der Waals surface area contributed by atoms with Crippen LogP contribution in [0, 0.1) is 0 Å². The first-order valence-corrected chi connectivity index (χ1v) is 7.13. The van der Waals surface area contributed by atoms with Gasteiger partial charge in [0.15, 0.2) is 0 Å². The van der Waals surface area contributed by atoms with Crippen molar-refractivity contribution in [3.05, 3.63) is 64.3 Å². The van der Waals surface area contributed by atoms with Crippen LogP contribution in [0.1, 0.15) is 43.2 Å². The normalized spacial score (nSPS) is 21.6. The Hall–Kier alpha value is -1.56. The van der Waals surface area contributed by atoms with Crippen LogP contribution in [0.2, 0.25) is 0 Å². The Labute approximate surface area is 109 Å². The quantitative estimate of drug-likeness (QED) is 0.603. The van der Waals surface area contributed by atoms with Crippen molar-refractivity contribution in [2.24, 2.45) is 0 Å². The summed E-state index contributed by atoms with van der Waals surface area (Å²) >= 11 is 0. The lowest BCUT2D eigenvalue weighted by atomic mass is 9.73. The van der Waals surface area contributed by atoms with Crippen molar-refractivity contribution in [2.45, 2.75) is 38.5 Å². The molecule has 0 amide bonds. The van der Waals surface area contributed by atoms with Gasteiger partial charge in [0.25, 0.3) is 0 Å². The third-order valence-electron chi connectivity index (χ3n) is 4.63. The maximum atomic E-state index is 2.38. The molecule has 0 atom stereocenters. The Morgan fingerprint density at radius 1 is 0.722 bits per heavy atom. The summed E-state index contributed by atoms with van der Waals surface area (Å²) in [4.78, 5) is 0. The van der Waals surface area contributed by atoms with E-state index in [1.165, 1.54) is 38.5 Å². The maximum Gasteiger partial charge on any atom is -0.0189 e.